The van der Waals surface area contributed by atoms with E-state index in [-0.39, 0.29) is 23.2 Å². The van der Waals surface area contributed by atoms with E-state index in [4.69, 9.17) is 14.2 Å². The van der Waals surface area contributed by atoms with Gasteiger partial charge in [0, 0.05) is 18.9 Å². The van der Waals surface area contributed by atoms with Crippen LogP contribution in [0.3, 0.4) is 0 Å². The number of aryl methyl sites for hydroxylation is 1. The van der Waals surface area contributed by atoms with Crippen LogP contribution in [0.25, 0.3) is 0 Å². The van der Waals surface area contributed by atoms with Gasteiger partial charge in [0.05, 0.1) is 25.7 Å². The van der Waals surface area contributed by atoms with Crippen LogP contribution in [0.4, 0.5) is 0 Å². The molecule has 3 aliphatic rings. The molecule has 1 aromatic carbocycles. The number of ether oxygens (including phenoxy) is 3. The van der Waals surface area contributed by atoms with Crippen molar-refractivity contribution in [1.82, 2.24) is 5.32 Å². The first kappa shape index (κ1) is 16.9. The van der Waals surface area contributed by atoms with Gasteiger partial charge in [-0.25, -0.2) is 0 Å². The van der Waals surface area contributed by atoms with E-state index in [0.717, 1.165) is 55.4 Å². The van der Waals surface area contributed by atoms with E-state index >= 15 is 0 Å². The molecule has 1 aliphatic heterocycles. The Labute approximate surface area is 149 Å². The van der Waals surface area contributed by atoms with Crippen LogP contribution in [-0.2, 0) is 19.7 Å². The Morgan fingerprint density at radius 2 is 1.84 bits per heavy atom. The largest absolute Gasteiger partial charge is 0.496 e. The van der Waals surface area contributed by atoms with Crippen LogP contribution in [0.2, 0.25) is 0 Å². The first-order valence-corrected chi connectivity index (χ1v) is 9.31. The fraction of sp³-hybridized carbons (Fsp3) is 0.650. The van der Waals surface area contributed by atoms with Crippen molar-refractivity contribution in [3.8, 4) is 5.75 Å². The Morgan fingerprint density at radius 1 is 1.16 bits per heavy atom. The Balaban J connectivity index is 1.41. The van der Waals surface area contributed by atoms with Crippen LogP contribution in [0.15, 0.2) is 18.2 Å². The van der Waals surface area contributed by atoms with Gasteiger partial charge in [-0.15, -0.1) is 0 Å². The molecule has 2 saturated carbocycles. The van der Waals surface area contributed by atoms with Crippen LogP contribution in [0.1, 0.15) is 49.7 Å². The van der Waals surface area contributed by atoms with Gasteiger partial charge in [-0.1, -0.05) is 12.1 Å². The number of nitrogens with one attached hydrogen (secondary N) is 1. The minimum atomic E-state index is -0.372. The summed E-state index contributed by atoms with van der Waals surface area (Å²) in [5, 5.41) is 3.29. The maximum atomic E-state index is 13.0. The van der Waals surface area contributed by atoms with Crippen LogP contribution in [0.5, 0.6) is 5.75 Å². The van der Waals surface area contributed by atoms with E-state index < -0.39 is 0 Å². The van der Waals surface area contributed by atoms with Crippen molar-refractivity contribution < 1.29 is 19.0 Å². The highest BCUT2D eigenvalue weighted by atomic mass is 16.7. The molecule has 0 bridgehead atoms. The van der Waals surface area contributed by atoms with Gasteiger partial charge in [0.25, 0.3) is 0 Å². The lowest BCUT2D eigenvalue weighted by Crippen LogP contribution is -2.46. The third-order valence-corrected chi connectivity index (χ3v) is 6.04. The molecule has 0 radical (unpaired) electrons. The van der Waals surface area contributed by atoms with E-state index in [2.05, 4.69) is 11.4 Å². The molecule has 1 spiro atoms. The molecule has 1 saturated heterocycles. The van der Waals surface area contributed by atoms with Gasteiger partial charge in [0.15, 0.2) is 5.79 Å². The molecule has 4 rings (SSSR count). The minimum Gasteiger partial charge on any atom is -0.496 e. The summed E-state index contributed by atoms with van der Waals surface area (Å²) >= 11 is 0. The van der Waals surface area contributed by atoms with Crippen LogP contribution in [0, 0.1) is 6.92 Å². The quantitative estimate of drug-likeness (QED) is 0.912. The smallest absolute Gasteiger partial charge is 0.230 e. The predicted octanol–water partition coefficient (Wildman–Crippen LogP) is 2.84. The predicted molar refractivity (Wildman–Crippen MR) is 93.7 cm³/mol. The summed E-state index contributed by atoms with van der Waals surface area (Å²) in [4.78, 5) is 13.0. The number of carbonyl (C=O) groups is 1. The summed E-state index contributed by atoms with van der Waals surface area (Å²) < 4.78 is 17.0. The van der Waals surface area contributed by atoms with E-state index in [1.807, 2.05) is 19.1 Å². The molecule has 1 aromatic rings. The third-order valence-electron chi connectivity index (χ3n) is 6.04. The number of benzene rings is 1. The Morgan fingerprint density at radius 3 is 2.44 bits per heavy atom. The van der Waals surface area contributed by atoms with Gasteiger partial charge in [-0.05, 0) is 49.8 Å². The van der Waals surface area contributed by atoms with E-state index in [0.29, 0.717) is 13.2 Å². The molecule has 0 atom stereocenters. The molecule has 1 N–H and O–H groups in total. The van der Waals surface area contributed by atoms with E-state index in [9.17, 15) is 4.79 Å². The molecule has 3 fully saturated rings. The van der Waals surface area contributed by atoms with Crippen molar-refractivity contribution in [1.29, 1.82) is 0 Å². The van der Waals surface area contributed by atoms with Gasteiger partial charge in [-0.2, -0.15) is 0 Å². The lowest BCUT2D eigenvalue weighted by Gasteiger charge is -2.36. The number of rotatable bonds is 4. The number of hydrogen-bond donors (Lipinski definition) is 1. The molecule has 136 valence electrons. The second kappa shape index (κ2) is 6.29. The summed E-state index contributed by atoms with van der Waals surface area (Å²) in [7, 11) is 1.68. The number of hydrogen-bond acceptors (Lipinski definition) is 4. The molecular weight excluding hydrogens is 318 g/mol. The van der Waals surface area contributed by atoms with Crippen molar-refractivity contribution in [3.63, 3.8) is 0 Å². The molecular formula is C20H27NO4. The van der Waals surface area contributed by atoms with Gasteiger partial charge in [0.1, 0.15) is 5.75 Å². The number of amides is 1. The summed E-state index contributed by atoms with van der Waals surface area (Å²) in [6.45, 7) is 3.40. The van der Waals surface area contributed by atoms with Crippen molar-refractivity contribution in [2.24, 2.45) is 0 Å². The maximum absolute atomic E-state index is 13.0. The molecule has 2 aliphatic carbocycles. The average Bonchev–Trinajstić information content (AvgIpc) is 3.32. The lowest BCUT2D eigenvalue weighted by molar-refractivity contribution is -0.180. The highest BCUT2D eigenvalue weighted by molar-refractivity contribution is 5.91. The SMILES string of the molecule is COc1cc(C2(C(=O)NC3CCC4(CC3)OCCO4)CC2)ccc1C. The standard InChI is InChI=1S/C20H27NO4/c1-14-3-4-15(13-17(14)23-2)19(9-10-19)18(22)21-16-5-7-20(8-6-16)24-11-12-25-20/h3-4,13,16H,5-12H2,1-2H3,(H,21,22). The van der Waals surface area contributed by atoms with Crippen molar-refractivity contribution in [2.45, 2.75) is 62.7 Å². The molecule has 5 nitrogen and oxygen atoms in total. The minimum absolute atomic E-state index is 0.160. The zero-order valence-corrected chi connectivity index (χ0v) is 15.1. The average molecular weight is 345 g/mol. The van der Waals surface area contributed by atoms with Crippen LogP contribution in [-0.4, -0.2) is 38.1 Å². The molecule has 1 heterocycles. The Bertz CT molecular complexity index is 652. The van der Waals surface area contributed by atoms with E-state index in [1.165, 1.54) is 0 Å². The molecule has 0 aromatic heterocycles. The van der Waals surface area contributed by atoms with Crippen molar-refractivity contribution in [2.75, 3.05) is 20.3 Å². The third kappa shape index (κ3) is 3.04. The maximum Gasteiger partial charge on any atom is 0.230 e. The second-order valence-corrected chi connectivity index (χ2v) is 7.62. The molecule has 5 heteroatoms. The molecule has 25 heavy (non-hydrogen) atoms. The van der Waals surface area contributed by atoms with Gasteiger partial charge in [-0.3, -0.25) is 4.79 Å². The second-order valence-electron chi connectivity index (χ2n) is 7.62. The highest BCUT2D eigenvalue weighted by Crippen LogP contribution is 2.49. The number of methoxy groups -OCH3 is 1. The molecule has 0 unspecified atom stereocenters. The summed E-state index contributed by atoms with van der Waals surface area (Å²) in [5.41, 5.74) is 1.80. The topological polar surface area (TPSA) is 56.8 Å². The fourth-order valence-electron chi connectivity index (χ4n) is 4.20. The summed E-state index contributed by atoms with van der Waals surface area (Å²) in [5.74, 6) is 0.641. The van der Waals surface area contributed by atoms with Crippen molar-refractivity contribution in [3.05, 3.63) is 29.3 Å². The van der Waals surface area contributed by atoms with Gasteiger partial charge in [0.2, 0.25) is 5.91 Å². The molecule has 1 amide bonds. The lowest BCUT2D eigenvalue weighted by atomic mass is 9.88. The number of carbonyl (C=O) groups excluding carboxylic acids is 1. The van der Waals surface area contributed by atoms with E-state index in [1.54, 1.807) is 7.11 Å². The first-order chi connectivity index (χ1) is 12.1. The Hall–Kier alpha value is -1.59. The Kier molecular flexibility index (Phi) is 4.24. The zero-order chi connectivity index (χ0) is 17.5. The zero-order valence-electron chi connectivity index (χ0n) is 15.1. The van der Waals surface area contributed by atoms with Gasteiger partial charge >= 0.3 is 0 Å². The summed E-state index contributed by atoms with van der Waals surface area (Å²) in [6.07, 6.45) is 5.38. The van der Waals surface area contributed by atoms with Crippen molar-refractivity contribution >= 4 is 5.91 Å². The van der Waals surface area contributed by atoms with Crippen LogP contribution < -0.4 is 10.1 Å². The van der Waals surface area contributed by atoms with Crippen LogP contribution >= 0.6 is 0 Å². The fourth-order valence-corrected chi connectivity index (χ4v) is 4.20. The van der Waals surface area contributed by atoms with Gasteiger partial charge < -0.3 is 19.5 Å². The summed E-state index contributed by atoms with van der Waals surface area (Å²) in [6, 6.07) is 6.36. The highest BCUT2D eigenvalue weighted by Gasteiger charge is 2.52. The monoisotopic (exact) mass is 345 g/mol. The first-order valence-electron chi connectivity index (χ1n) is 9.31. The normalized spacial score (nSPS) is 24.2.